The first-order valence-electron chi connectivity index (χ1n) is 0. The summed E-state index contributed by atoms with van der Waals surface area (Å²) in [5.74, 6) is 0. The van der Waals surface area contributed by atoms with Gasteiger partial charge in [-0.15, -0.1) is 0 Å². The number of hydrogen-bond acceptors (Lipinski definition) is 0. The van der Waals surface area contributed by atoms with Crippen molar-refractivity contribution in [2.24, 2.45) is 0 Å². The minimum Gasteiger partial charge on any atom is 0 e. The Bertz CT molecular complexity index is 8.00. The first-order valence-corrected chi connectivity index (χ1v) is 0. The van der Waals surface area contributed by atoms with E-state index in [4.69, 9.17) is 0 Å². The predicted molar refractivity (Wildman–Crippen MR) is 9.94 cm³/mol. The van der Waals surface area contributed by atoms with E-state index in [2.05, 4.69) is 0 Å². The van der Waals surface area contributed by atoms with Crippen LogP contribution in [0.15, 0.2) is 0 Å². The van der Waals surface area contributed by atoms with Crippen molar-refractivity contribution in [2.75, 3.05) is 0 Å². The molecule has 4 heteroatoms. The molecule has 0 aromatic rings. The Labute approximate surface area is 101 Å². The maximum atomic E-state index is 0. The summed E-state index contributed by atoms with van der Waals surface area (Å²) in [6.07, 6.45) is 0. The second-order valence-electron chi connectivity index (χ2n) is 0. The van der Waals surface area contributed by atoms with Crippen molar-refractivity contribution in [3.05, 3.63) is 0 Å². The molecule has 0 amide bonds. The summed E-state index contributed by atoms with van der Waals surface area (Å²) in [5, 5.41) is 0. The van der Waals surface area contributed by atoms with Gasteiger partial charge >= 0.3 is 25.8 Å². The fourth-order valence-electron chi connectivity index (χ4n) is 0. The molecule has 0 fully saturated rings. The third-order valence-electron chi connectivity index (χ3n) is 0. The van der Waals surface area contributed by atoms with Crippen molar-refractivity contribution in [3.8, 4) is 0 Å². The van der Waals surface area contributed by atoms with Crippen molar-refractivity contribution in [2.45, 2.75) is 0 Å². The molecule has 4 heavy (non-hydrogen) atoms. The van der Waals surface area contributed by atoms with Gasteiger partial charge in [-0.25, -0.2) is 0 Å². The SMILES string of the molecule is [Ag].[InH3].[La].[Zn]. The molecule has 22 valence electrons. The van der Waals surface area contributed by atoms with Crippen LogP contribution >= 0.6 is 0 Å². The second kappa shape index (κ2) is 16.1. The maximum Gasteiger partial charge on any atom is 0 e. The Hall–Kier alpha value is 3.43. The molecular weight excluding hydrogens is 427 g/mol. The van der Waals surface area contributed by atoms with Crippen molar-refractivity contribution >= 4 is 25.8 Å². The van der Waals surface area contributed by atoms with Crippen LogP contribution < -0.4 is 0 Å². The van der Waals surface area contributed by atoms with Gasteiger partial charge in [0, 0.05) is 77.5 Å². The van der Waals surface area contributed by atoms with Gasteiger partial charge in [0.1, 0.15) is 0 Å². The molecule has 0 bridgehead atoms. The van der Waals surface area contributed by atoms with E-state index in [0.717, 1.165) is 0 Å². The zero-order valence-electron chi connectivity index (χ0n) is 1.59. The summed E-state index contributed by atoms with van der Waals surface area (Å²) in [6, 6.07) is 0. The van der Waals surface area contributed by atoms with Crippen molar-refractivity contribution < 1.29 is 77.5 Å². The van der Waals surface area contributed by atoms with E-state index in [1.165, 1.54) is 0 Å². The first-order chi connectivity index (χ1) is 0. The van der Waals surface area contributed by atoms with Crippen LogP contribution in [-0.4, -0.2) is 25.8 Å². The molecule has 0 aromatic heterocycles. The standard InChI is InChI=1S/Ag.In.La.Zn.3H. The fourth-order valence-corrected chi connectivity index (χ4v) is 0. The Balaban J connectivity index is 0. The smallest absolute Gasteiger partial charge is 0 e. The average Bonchev–Trinajstić information content (AvgIpc) is 0. The largest absolute Gasteiger partial charge is 0 e. The van der Waals surface area contributed by atoms with E-state index in [0.29, 0.717) is 0 Å². The average molecular weight is 430 g/mol. The molecule has 0 aliphatic carbocycles. The molecule has 0 aromatic carbocycles. The van der Waals surface area contributed by atoms with Crippen molar-refractivity contribution in [1.82, 2.24) is 0 Å². The topological polar surface area (TPSA) is 0 Å². The molecule has 0 nitrogen and oxygen atoms in total. The van der Waals surface area contributed by atoms with Crippen LogP contribution in [0.5, 0.6) is 0 Å². The summed E-state index contributed by atoms with van der Waals surface area (Å²) in [7, 11) is 0. The molecule has 0 rings (SSSR count). The van der Waals surface area contributed by atoms with Crippen molar-refractivity contribution in [3.63, 3.8) is 0 Å². The Morgan fingerprint density at radius 2 is 1.00 bits per heavy atom. The number of hydrogen-bond donors (Lipinski definition) is 0. The van der Waals surface area contributed by atoms with Crippen molar-refractivity contribution in [1.29, 1.82) is 0 Å². The molecule has 0 heterocycles. The van der Waals surface area contributed by atoms with E-state index < -0.39 is 0 Å². The van der Waals surface area contributed by atoms with Crippen LogP contribution in [0.1, 0.15) is 0 Å². The van der Waals surface area contributed by atoms with E-state index in [9.17, 15) is 0 Å². The van der Waals surface area contributed by atoms with Gasteiger partial charge in [0.25, 0.3) is 0 Å². The minimum absolute atomic E-state index is 0. The van der Waals surface area contributed by atoms with E-state index in [1.54, 1.807) is 0 Å². The summed E-state index contributed by atoms with van der Waals surface area (Å²) < 4.78 is 0. The molecule has 0 aliphatic rings. The van der Waals surface area contributed by atoms with Gasteiger partial charge in [-0.05, 0) is 0 Å². The monoisotopic (exact) mass is 428 g/mol. The molecule has 0 spiro atoms. The van der Waals surface area contributed by atoms with Gasteiger partial charge in [0.15, 0.2) is 0 Å². The van der Waals surface area contributed by atoms with E-state index in [1.807, 2.05) is 0 Å². The summed E-state index contributed by atoms with van der Waals surface area (Å²) in [5.41, 5.74) is 0. The molecular formula is H3AgInLaZn. The Morgan fingerprint density at radius 1 is 1.00 bits per heavy atom. The fraction of sp³-hybridized carbons (Fsp3) is 0. The predicted octanol–water partition coefficient (Wildman–Crippen LogP) is -1.19. The van der Waals surface area contributed by atoms with Gasteiger partial charge in [-0.3, -0.25) is 0 Å². The zero-order valence-corrected chi connectivity index (χ0v) is 9.66. The van der Waals surface area contributed by atoms with Crippen LogP contribution in [0.4, 0.5) is 0 Å². The van der Waals surface area contributed by atoms with Crippen LogP contribution in [0, 0.1) is 35.6 Å². The first kappa shape index (κ1) is 26.1. The van der Waals surface area contributed by atoms with E-state index in [-0.39, 0.29) is 103 Å². The third kappa shape index (κ3) is 9.06. The summed E-state index contributed by atoms with van der Waals surface area (Å²) in [6.45, 7) is 0. The molecule has 0 unspecified atom stereocenters. The molecule has 0 saturated carbocycles. The van der Waals surface area contributed by atoms with Gasteiger partial charge < -0.3 is 0 Å². The van der Waals surface area contributed by atoms with Crippen LogP contribution in [0.2, 0.25) is 0 Å². The zero-order chi connectivity index (χ0) is 0. The van der Waals surface area contributed by atoms with E-state index >= 15 is 0 Å². The minimum atomic E-state index is 0. The Kier molecular flexibility index (Phi) is 105. The summed E-state index contributed by atoms with van der Waals surface area (Å²) in [4.78, 5) is 0. The third-order valence-corrected chi connectivity index (χ3v) is 0. The van der Waals surface area contributed by atoms with Gasteiger partial charge in [0.05, 0.1) is 0 Å². The van der Waals surface area contributed by atoms with Gasteiger partial charge in [-0.1, -0.05) is 0 Å². The molecule has 0 N–H and O–H groups in total. The molecule has 0 saturated heterocycles. The normalized spacial score (nSPS) is 0. The second-order valence-corrected chi connectivity index (χ2v) is 0. The molecule has 2 radical (unpaired) electrons. The Morgan fingerprint density at radius 3 is 1.00 bits per heavy atom. The summed E-state index contributed by atoms with van der Waals surface area (Å²) >= 11 is 0. The van der Waals surface area contributed by atoms with Crippen LogP contribution in [-0.2, 0) is 41.9 Å². The number of rotatable bonds is 0. The van der Waals surface area contributed by atoms with Crippen LogP contribution in [0.3, 0.4) is 0 Å². The molecule has 0 atom stereocenters. The molecule has 0 aliphatic heterocycles. The van der Waals surface area contributed by atoms with Gasteiger partial charge in [0.2, 0.25) is 0 Å². The quantitative estimate of drug-likeness (QED) is 0.425. The van der Waals surface area contributed by atoms with Crippen LogP contribution in [0.25, 0.3) is 0 Å². The maximum absolute atomic E-state index is 0. The van der Waals surface area contributed by atoms with Gasteiger partial charge in [-0.2, -0.15) is 0 Å².